The zero-order valence-electron chi connectivity index (χ0n) is 3.74. The molecule has 0 radical (unpaired) electrons. The first-order chi connectivity index (χ1) is 3.56. The van der Waals surface area contributed by atoms with Crippen molar-refractivity contribution in [3.63, 3.8) is 0 Å². The lowest BCUT2D eigenvalue weighted by molar-refractivity contribution is -0.0797. The number of allylic oxidation sites excluding steroid dienone is 2. The van der Waals surface area contributed by atoms with E-state index in [1.165, 1.54) is 6.07 Å². The van der Waals surface area contributed by atoms with Crippen molar-refractivity contribution in [1.82, 2.24) is 0 Å². The van der Waals surface area contributed by atoms with Gasteiger partial charge in [-0.1, -0.05) is 0 Å². The average Bonchev–Trinajstić information content (AvgIpc) is 1.59. The smallest absolute Gasteiger partial charge is 0.193 e. The molecular formula is C4H2F3N. The van der Waals surface area contributed by atoms with Gasteiger partial charge in [0.05, 0.1) is 6.07 Å². The molecule has 0 spiro atoms. The number of halogens is 3. The van der Waals surface area contributed by atoms with Crippen LogP contribution >= 0.6 is 0 Å². The number of hydrogen-bond donors (Lipinski definition) is 0. The minimum Gasteiger partial charge on any atom is -0.193 e. The van der Waals surface area contributed by atoms with E-state index in [-0.39, 0.29) is 6.08 Å². The second-order valence-electron chi connectivity index (χ2n) is 1.00. The highest BCUT2D eigenvalue weighted by atomic mass is 19.4. The van der Waals surface area contributed by atoms with Crippen LogP contribution in [0.3, 0.4) is 0 Å². The SMILES string of the molecule is N#CC=CC(F)(F)F. The number of rotatable bonds is 0. The third-order valence-electron chi connectivity index (χ3n) is 0.347. The van der Waals surface area contributed by atoms with Gasteiger partial charge >= 0.3 is 6.18 Å². The van der Waals surface area contributed by atoms with E-state index in [0.29, 0.717) is 6.08 Å². The van der Waals surface area contributed by atoms with E-state index in [0.717, 1.165) is 0 Å². The van der Waals surface area contributed by atoms with Gasteiger partial charge in [0.1, 0.15) is 0 Å². The van der Waals surface area contributed by atoms with Gasteiger partial charge in [0, 0.05) is 12.2 Å². The average molecular weight is 121 g/mol. The highest BCUT2D eigenvalue weighted by molar-refractivity contribution is 5.04. The van der Waals surface area contributed by atoms with Crippen LogP contribution in [0.25, 0.3) is 0 Å². The number of hydrogen-bond acceptors (Lipinski definition) is 1. The molecule has 0 aliphatic rings. The van der Waals surface area contributed by atoms with Crippen LogP contribution in [-0.4, -0.2) is 6.18 Å². The molecule has 0 saturated carbocycles. The standard InChI is InChI=1S/C4H2F3N/c5-4(6,7)2-1-3-8/h1-2H. The minimum atomic E-state index is -4.35. The fraction of sp³-hybridized carbons (Fsp3) is 0.250. The maximum absolute atomic E-state index is 11.0. The molecule has 0 saturated heterocycles. The monoisotopic (exact) mass is 121 g/mol. The molecular weight excluding hydrogens is 119 g/mol. The zero-order valence-corrected chi connectivity index (χ0v) is 3.74. The molecule has 0 unspecified atom stereocenters. The van der Waals surface area contributed by atoms with Gasteiger partial charge in [-0.05, 0) is 0 Å². The summed E-state index contributed by atoms with van der Waals surface area (Å²) in [5.74, 6) is 0. The first kappa shape index (κ1) is 7.02. The Labute approximate surface area is 44.0 Å². The highest BCUT2D eigenvalue weighted by Gasteiger charge is 2.21. The van der Waals surface area contributed by atoms with Crippen LogP contribution < -0.4 is 0 Å². The van der Waals surface area contributed by atoms with Crippen molar-refractivity contribution < 1.29 is 13.2 Å². The lowest BCUT2D eigenvalue weighted by Crippen LogP contribution is -1.99. The summed E-state index contributed by atoms with van der Waals surface area (Å²) in [4.78, 5) is 0. The molecule has 0 N–H and O–H groups in total. The summed E-state index contributed by atoms with van der Waals surface area (Å²) in [6.45, 7) is 0. The van der Waals surface area contributed by atoms with E-state index in [1.54, 1.807) is 0 Å². The molecule has 0 atom stereocenters. The van der Waals surface area contributed by atoms with Gasteiger partial charge in [0.15, 0.2) is 0 Å². The quantitative estimate of drug-likeness (QED) is 0.447. The fourth-order valence-electron chi connectivity index (χ4n) is 0.132. The van der Waals surface area contributed by atoms with Gasteiger partial charge in [-0.3, -0.25) is 0 Å². The van der Waals surface area contributed by atoms with Gasteiger partial charge in [-0.15, -0.1) is 0 Å². The fourth-order valence-corrected chi connectivity index (χ4v) is 0.132. The molecule has 0 bridgehead atoms. The molecule has 44 valence electrons. The Morgan fingerprint density at radius 2 is 1.88 bits per heavy atom. The van der Waals surface area contributed by atoms with Crippen LogP contribution in [0.5, 0.6) is 0 Å². The third-order valence-corrected chi connectivity index (χ3v) is 0.347. The molecule has 0 aromatic heterocycles. The maximum Gasteiger partial charge on any atom is 0.410 e. The maximum atomic E-state index is 11.0. The van der Waals surface area contributed by atoms with Gasteiger partial charge in [-0.25, -0.2) is 0 Å². The molecule has 0 fully saturated rings. The van der Waals surface area contributed by atoms with Crippen LogP contribution in [0, 0.1) is 11.3 Å². The largest absolute Gasteiger partial charge is 0.410 e. The molecule has 0 aromatic carbocycles. The van der Waals surface area contributed by atoms with Gasteiger partial charge in [-0.2, -0.15) is 18.4 Å². The normalized spacial score (nSPS) is 11.8. The van der Waals surface area contributed by atoms with Crippen LogP contribution in [0.4, 0.5) is 13.2 Å². The van der Waals surface area contributed by atoms with Crippen LogP contribution in [0.1, 0.15) is 0 Å². The first-order valence-corrected chi connectivity index (χ1v) is 1.70. The predicted molar refractivity (Wildman–Crippen MR) is 20.8 cm³/mol. The van der Waals surface area contributed by atoms with Crippen molar-refractivity contribution in [2.45, 2.75) is 6.18 Å². The first-order valence-electron chi connectivity index (χ1n) is 1.70. The Kier molecular flexibility index (Phi) is 2.07. The van der Waals surface area contributed by atoms with Gasteiger partial charge in [0.25, 0.3) is 0 Å². The van der Waals surface area contributed by atoms with E-state index in [9.17, 15) is 13.2 Å². The zero-order chi connectivity index (χ0) is 6.62. The topological polar surface area (TPSA) is 23.8 Å². The Morgan fingerprint density at radius 1 is 1.38 bits per heavy atom. The van der Waals surface area contributed by atoms with Crippen LogP contribution in [0.2, 0.25) is 0 Å². The van der Waals surface area contributed by atoms with Crippen molar-refractivity contribution in [3.8, 4) is 6.07 Å². The molecule has 0 aliphatic carbocycles. The van der Waals surface area contributed by atoms with E-state index in [2.05, 4.69) is 0 Å². The second kappa shape index (κ2) is 2.36. The van der Waals surface area contributed by atoms with Crippen molar-refractivity contribution in [3.05, 3.63) is 12.2 Å². The molecule has 0 rings (SSSR count). The molecule has 4 heteroatoms. The molecule has 0 heterocycles. The van der Waals surface area contributed by atoms with E-state index in [1.807, 2.05) is 0 Å². The predicted octanol–water partition coefficient (Wildman–Crippen LogP) is 1.63. The number of alkyl halides is 3. The number of nitrogens with zero attached hydrogens (tertiary/aromatic N) is 1. The Hall–Kier alpha value is -0.980. The van der Waals surface area contributed by atoms with E-state index >= 15 is 0 Å². The van der Waals surface area contributed by atoms with Crippen LogP contribution in [-0.2, 0) is 0 Å². The summed E-state index contributed by atoms with van der Waals surface area (Å²) in [5, 5.41) is 7.59. The van der Waals surface area contributed by atoms with Crippen molar-refractivity contribution >= 4 is 0 Å². The summed E-state index contributed by atoms with van der Waals surface area (Å²) in [6.07, 6.45) is -4.08. The van der Waals surface area contributed by atoms with Crippen molar-refractivity contribution in [2.75, 3.05) is 0 Å². The summed E-state index contributed by atoms with van der Waals surface area (Å²) in [6, 6.07) is 1.22. The molecule has 0 aromatic rings. The minimum absolute atomic E-state index is 0.118. The third kappa shape index (κ3) is 5.02. The molecule has 0 aliphatic heterocycles. The lowest BCUT2D eigenvalue weighted by Gasteiger charge is -1.92. The lowest BCUT2D eigenvalue weighted by atomic mass is 10.5. The van der Waals surface area contributed by atoms with Crippen molar-refractivity contribution in [1.29, 1.82) is 5.26 Å². The highest BCUT2D eigenvalue weighted by Crippen LogP contribution is 2.15. The van der Waals surface area contributed by atoms with Gasteiger partial charge in [0.2, 0.25) is 0 Å². The Bertz CT molecular complexity index is 127. The van der Waals surface area contributed by atoms with Crippen LogP contribution in [0.15, 0.2) is 12.2 Å². The molecule has 1 nitrogen and oxygen atoms in total. The van der Waals surface area contributed by atoms with E-state index < -0.39 is 6.18 Å². The summed E-state index contributed by atoms with van der Waals surface area (Å²) in [7, 11) is 0. The Balaban J connectivity index is 3.75. The molecule has 0 amide bonds. The van der Waals surface area contributed by atoms with Gasteiger partial charge < -0.3 is 0 Å². The summed E-state index contributed by atoms with van der Waals surface area (Å²) >= 11 is 0. The second-order valence-corrected chi connectivity index (χ2v) is 1.00. The molecule has 8 heavy (non-hydrogen) atoms. The van der Waals surface area contributed by atoms with Crippen molar-refractivity contribution in [2.24, 2.45) is 0 Å². The Morgan fingerprint density at radius 3 is 2.00 bits per heavy atom. The summed E-state index contributed by atoms with van der Waals surface area (Å²) < 4.78 is 33.0. The number of nitriles is 1. The van der Waals surface area contributed by atoms with E-state index in [4.69, 9.17) is 5.26 Å². The summed E-state index contributed by atoms with van der Waals surface area (Å²) in [5.41, 5.74) is 0.